The van der Waals surface area contributed by atoms with Gasteiger partial charge in [-0.05, 0) is 100 Å². The van der Waals surface area contributed by atoms with Gasteiger partial charge in [0.1, 0.15) is 5.75 Å². The van der Waals surface area contributed by atoms with Gasteiger partial charge in [0.2, 0.25) is 5.88 Å². The van der Waals surface area contributed by atoms with Crippen molar-refractivity contribution in [1.82, 2.24) is 0 Å². The third kappa shape index (κ3) is 7.28. The molecule has 196 valence electrons. The molecule has 2 heterocycles. The monoisotopic (exact) mass is 502 g/mol. The Kier molecular flexibility index (Phi) is 9.09. The van der Waals surface area contributed by atoms with E-state index >= 15 is 0 Å². The highest BCUT2D eigenvalue weighted by Gasteiger charge is 2.32. The number of hydrogen-bond acceptors (Lipinski definition) is 6. The number of benzene rings is 1. The van der Waals surface area contributed by atoms with Gasteiger partial charge in [-0.25, -0.2) is 9.98 Å². The molecule has 37 heavy (non-hydrogen) atoms. The number of carbonyl (C=O) groups excluding carboxylic acids is 1. The zero-order chi connectivity index (χ0) is 26.2. The zero-order valence-corrected chi connectivity index (χ0v) is 22.0. The van der Waals surface area contributed by atoms with Crippen molar-refractivity contribution < 1.29 is 14.6 Å². The summed E-state index contributed by atoms with van der Waals surface area (Å²) in [6.45, 7) is 9.69. The van der Waals surface area contributed by atoms with Crippen LogP contribution in [0.2, 0.25) is 0 Å². The fraction of sp³-hybridized carbons (Fsp3) is 0.467. The molecule has 0 bridgehead atoms. The summed E-state index contributed by atoms with van der Waals surface area (Å²) in [6.07, 6.45) is 16.0. The van der Waals surface area contributed by atoms with Crippen LogP contribution in [0.4, 0.5) is 5.69 Å². The Balaban J connectivity index is 1.31. The number of rotatable bonds is 10. The van der Waals surface area contributed by atoms with E-state index in [0.29, 0.717) is 41.3 Å². The SMILES string of the molecule is C=N/C(C)=C\C=NC(=O)c1ccc(O)cc1N1CCC(COC2=CCC(C(CC)C3CC3)=CC=N2)CC1. The molecule has 2 fully saturated rings. The zero-order valence-electron chi connectivity index (χ0n) is 22.0. The van der Waals surface area contributed by atoms with Gasteiger partial charge in [-0.2, -0.15) is 0 Å². The summed E-state index contributed by atoms with van der Waals surface area (Å²) < 4.78 is 6.12. The van der Waals surface area contributed by atoms with Gasteiger partial charge in [0.05, 0.1) is 17.9 Å². The molecule has 7 nitrogen and oxygen atoms in total. The van der Waals surface area contributed by atoms with E-state index in [0.717, 1.165) is 38.3 Å². The normalized spacial score (nSPS) is 19.8. The van der Waals surface area contributed by atoms with Gasteiger partial charge in [-0.1, -0.05) is 12.5 Å². The number of amides is 1. The summed E-state index contributed by atoms with van der Waals surface area (Å²) >= 11 is 0. The lowest BCUT2D eigenvalue weighted by Crippen LogP contribution is -2.35. The maximum Gasteiger partial charge on any atom is 0.279 e. The summed E-state index contributed by atoms with van der Waals surface area (Å²) in [7, 11) is 0. The van der Waals surface area contributed by atoms with Gasteiger partial charge in [0.25, 0.3) is 5.91 Å². The van der Waals surface area contributed by atoms with Crippen LogP contribution >= 0.6 is 0 Å². The van der Waals surface area contributed by atoms with E-state index in [-0.39, 0.29) is 11.7 Å². The Hall–Kier alpha value is -3.48. The molecule has 1 aromatic rings. The predicted molar refractivity (Wildman–Crippen MR) is 151 cm³/mol. The number of aliphatic imine (C=N–C) groups is 3. The Labute approximate surface area is 220 Å². The summed E-state index contributed by atoms with van der Waals surface area (Å²) in [5.41, 5.74) is 3.33. The molecule has 1 unspecified atom stereocenters. The minimum absolute atomic E-state index is 0.130. The number of carbonyl (C=O) groups is 1. The highest BCUT2D eigenvalue weighted by Crippen LogP contribution is 2.43. The molecule has 0 spiro atoms. The number of ether oxygens (including phenoxy) is 1. The first-order valence-corrected chi connectivity index (χ1v) is 13.3. The van der Waals surface area contributed by atoms with E-state index in [2.05, 4.69) is 45.7 Å². The molecule has 1 aromatic carbocycles. The van der Waals surface area contributed by atoms with Crippen molar-refractivity contribution in [3.63, 3.8) is 0 Å². The largest absolute Gasteiger partial charge is 0.508 e. The van der Waals surface area contributed by atoms with E-state index in [9.17, 15) is 9.90 Å². The lowest BCUT2D eigenvalue weighted by atomic mass is 9.89. The quantitative estimate of drug-likeness (QED) is 0.391. The molecule has 1 amide bonds. The second kappa shape index (κ2) is 12.7. The lowest BCUT2D eigenvalue weighted by molar-refractivity contribution is 0.100. The first-order valence-electron chi connectivity index (χ1n) is 13.3. The standard InChI is InChI=1S/C30H38N4O3/c1-4-26(23-5-6-23)24-7-10-29(32-16-12-24)37-20-22-13-17-34(18-14-22)28-19-25(35)8-9-27(28)30(36)33-15-11-21(2)31-3/h8-12,15-16,19,22-23,26,35H,3-7,13-14,17-18,20H2,1-2H3/b21-11-,33-15?. The number of phenols is 1. The van der Waals surface area contributed by atoms with Crippen LogP contribution in [-0.4, -0.2) is 49.9 Å². The summed E-state index contributed by atoms with van der Waals surface area (Å²) in [5.74, 6) is 2.43. The number of anilines is 1. The highest BCUT2D eigenvalue weighted by molar-refractivity contribution is 6.04. The van der Waals surface area contributed by atoms with E-state index in [4.69, 9.17) is 4.74 Å². The van der Waals surface area contributed by atoms with Crippen LogP contribution in [0.1, 0.15) is 62.7 Å². The van der Waals surface area contributed by atoms with Crippen molar-refractivity contribution in [3.8, 4) is 5.75 Å². The number of allylic oxidation sites excluding steroid dienone is 5. The minimum atomic E-state index is -0.355. The summed E-state index contributed by atoms with van der Waals surface area (Å²) in [6, 6.07) is 4.80. The summed E-state index contributed by atoms with van der Waals surface area (Å²) in [4.78, 5) is 27.2. The van der Waals surface area contributed by atoms with Crippen molar-refractivity contribution in [2.75, 3.05) is 24.6 Å². The lowest BCUT2D eigenvalue weighted by Gasteiger charge is -2.34. The fourth-order valence-corrected chi connectivity index (χ4v) is 5.14. The van der Waals surface area contributed by atoms with Crippen LogP contribution in [0.25, 0.3) is 0 Å². The van der Waals surface area contributed by atoms with Crippen molar-refractivity contribution >= 4 is 30.7 Å². The second-order valence-corrected chi connectivity index (χ2v) is 10.1. The molecule has 2 aliphatic heterocycles. The minimum Gasteiger partial charge on any atom is -0.508 e. The number of phenolic OH excluding ortho intramolecular Hbond substituents is 1. The molecule has 3 aliphatic rings. The van der Waals surface area contributed by atoms with Crippen molar-refractivity contribution in [2.24, 2.45) is 32.7 Å². The van der Waals surface area contributed by atoms with Gasteiger partial charge in [0, 0.05) is 37.3 Å². The second-order valence-electron chi connectivity index (χ2n) is 10.1. The first kappa shape index (κ1) is 26.6. The Bertz CT molecular complexity index is 1140. The summed E-state index contributed by atoms with van der Waals surface area (Å²) in [5, 5.41) is 10.1. The average Bonchev–Trinajstić information content (AvgIpc) is 3.76. The van der Waals surface area contributed by atoms with Gasteiger partial charge >= 0.3 is 0 Å². The van der Waals surface area contributed by atoms with Crippen molar-refractivity contribution in [2.45, 2.75) is 52.4 Å². The van der Waals surface area contributed by atoms with E-state index in [1.807, 2.05) is 6.21 Å². The fourth-order valence-electron chi connectivity index (χ4n) is 5.14. The molecular formula is C30H38N4O3. The number of hydrogen-bond donors (Lipinski definition) is 1. The smallest absolute Gasteiger partial charge is 0.279 e. The molecule has 0 radical (unpaired) electrons. The molecule has 4 rings (SSSR count). The number of nitrogens with zero attached hydrogens (tertiary/aromatic N) is 4. The van der Waals surface area contributed by atoms with Gasteiger partial charge in [0.15, 0.2) is 0 Å². The Morgan fingerprint density at radius 1 is 1.30 bits per heavy atom. The van der Waals surface area contributed by atoms with Crippen LogP contribution in [0, 0.1) is 17.8 Å². The van der Waals surface area contributed by atoms with Crippen LogP contribution in [0.3, 0.4) is 0 Å². The maximum absolute atomic E-state index is 12.8. The van der Waals surface area contributed by atoms with Gasteiger partial charge in [-0.15, -0.1) is 0 Å². The molecule has 1 aliphatic carbocycles. The third-order valence-corrected chi connectivity index (χ3v) is 7.50. The van der Waals surface area contributed by atoms with E-state index in [1.54, 1.807) is 25.1 Å². The molecule has 1 atom stereocenters. The van der Waals surface area contributed by atoms with E-state index in [1.165, 1.54) is 37.1 Å². The molecule has 0 aromatic heterocycles. The number of piperidine rings is 1. The van der Waals surface area contributed by atoms with Crippen molar-refractivity contribution in [1.29, 1.82) is 0 Å². The molecule has 1 N–H and O–H groups in total. The van der Waals surface area contributed by atoms with Gasteiger partial charge in [-0.3, -0.25) is 9.79 Å². The Morgan fingerprint density at radius 3 is 2.78 bits per heavy atom. The first-order chi connectivity index (χ1) is 18.0. The molecule has 7 heteroatoms. The number of aromatic hydroxyl groups is 1. The molecule has 1 saturated heterocycles. The van der Waals surface area contributed by atoms with Crippen LogP contribution < -0.4 is 4.90 Å². The van der Waals surface area contributed by atoms with Crippen LogP contribution in [0.15, 0.2) is 68.6 Å². The topological polar surface area (TPSA) is 86.8 Å². The van der Waals surface area contributed by atoms with Crippen LogP contribution in [-0.2, 0) is 4.74 Å². The Morgan fingerprint density at radius 2 is 2.08 bits per heavy atom. The maximum atomic E-state index is 12.8. The predicted octanol–water partition coefficient (Wildman–Crippen LogP) is 6.12. The van der Waals surface area contributed by atoms with E-state index < -0.39 is 0 Å². The molecular weight excluding hydrogens is 464 g/mol. The molecule has 1 saturated carbocycles. The van der Waals surface area contributed by atoms with Gasteiger partial charge < -0.3 is 14.7 Å². The van der Waals surface area contributed by atoms with Crippen molar-refractivity contribution in [3.05, 3.63) is 59.1 Å². The highest BCUT2D eigenvalue weighted by atomic mass is 16.5. The average molecular weight is 503 g/mol. The van der Waals surface area contributed by atoms with Crippen LogP contribution in [0.5, 0.6) is 5.75 Å². The third-order valence-electron chi connectivity index (χ3n) is 7.50.